The van der Waals surface area contributed by atoms with Crippen LogP contribution in [0.3, 0.4) is 0 Å². The Morgan fingerprint density at radius 3 is 2.50 bits per heavy atom. The van der Waals surface area contributed by atoms with Gasteiger partial charge in [0.1, 0.15) is 5.60 Å². The first-order valence-corrected chi connectivity index (χ1v) is 9.99. The van der Waals surface area contributed by atoms with Gasteiger partial charge in [0.2, 0.25) is 0 Å². The van der Waals surface area contributed by atoms with Crippen molar-refractivity contribution in [2.24, 2.45) is 0 Å². The summed E-state index contributed by atoms with van der Waals surface area (Å²) in [5.41, 5.74) is 2.02. The van der Waals surface area contributed by atoms with Crippen molar-refractivity contribution >= 4 is 34.2 Å². The molecule has 2 aromatic rings. The molecule has 3 rings (SSSR count). The maximum absolute atomic E-state index is 12.5. The Bertz CT molecular complexity index is 869. The molecule has 0 aliphatic carbocycles. The molecule has 1 N–H and O–H groups in total. The van der Waals surface area contributed by atoms with Gasteiger partial charge in [-0.25, -0.2) is 9.78 Å². The second-order valence-corrected chi connectivity index (χ2v) is 9.02. The monoisotopic (exact) mass is 402 g/mol. The van der Waals surface area contributed by atoms with E-state index >= 15 is 0 Å². The van der Waals surface area contributed by atoms with Gasteiger partial charge in [-0.1, -0.05) is 11.3 Å². The standard InChI is InChI=1S/C20H26N4O3S/c1-20(2,3)27-19(26)24-11-10-15-16(12-24)28-18(21-15)22-17(25)13-6-8-14(9-7-13)23(4)5/h6-9H,10-12H2,1-5H3,(H,21,22,25). The molecule has 0 radical (unpaired) electrons. The zero-order valence-corrected chi connectivity index (χ0v) is 17.7. The minimum absolute atomic E-state index is 0.194. The number of hydrogen-bond acceptors (Lipinski definition) is 6. The molecule has 0 bridgehead atoms. The second-order valence-electron chi connectivity index (χ2n) is 7.94. The Labute approximate surface area is 169 Å². The lowest BCUT2D eigenvalue weighted by Crippen LogP contribution is -2.39. The summed E-state index contributed by atoms with van der Waals surface area (Å²) in [6.45, 7) is 6.57. The van der Waals surface area contributed by atoms with Gasteiger partial charge in [-0.2, -0.15) is 0 Å². The van der Waals surface area contributed by atoms with Crippen LogP contribution in [0, 0.1) is 0 Å². The fraction of sp³-hybridized carbons (Fsp3) is 0.450. The lowest BCUT2D eigenvalue weighted by molar-refractivity contribution is 0.0225. The largest absolute Gasteiger partial charge is 0.444 e. The molecule has 1 aliphatic heterocycles. The molecule has 1 aromatic carbocycles. The molecule has 7 nitrogen and oxygen atoms in total. The van der Waals surface area contributed by atoms with Crippen molar-refractivity contribution in [3.05, 3.63) is 40.4 Å². The fourth-order valence-electron chi connectivity index (χ4n) is 2.81. The molecule has 0 spiro atoms. The SMILES string of the molecule is CN(C)c1ccc(C(=O)Nc2nc3c(s2)CN(C(=O)OC(C)(C)C)CC3)cc1. The normalized spacial score (nSPS) is 13.7. The zero-order chi connectivity index (χ0) is 20.5. The van der Waals surface area contributed by atoms with Gasteiger partial charge in [0.15, 0.2) is 5.13 Å². The van der Waals surface area contributed by atoms with Crippen molar-refractivity contribution in [3.63, 3.8) is 0 Å². The van der Waals surface area contributed by atoms with E-state index in [4.69, 9.17) is 4.74 Å². The number of benzene rings is 1. The summed E-state index contributed by atoms with van der Waals surface area (Å²) in [5.74, 6) is -0.194. The number of amides is 2. The highest BCUT2D eigenvalue weighted by Gasteiger charge is 2.28. The Hall–Kier alpha value is -2.61. The summed E-state index contributed by atoms with van der Waals surface area (Å²) < 4.78 is 5.45. The van der Waals surface area contributed by atoms with Gasteiger partial charge in [0, 0.05) is 43.2 Å². The number of anilines is 2. The van der Waals surface area contributed by atoms with Crippen LogP contribution >= 0.6 is 11.3 Å². The van der Waals surface area contributed by atoms with Crippen LogP contribution in [-0.4, -0.2) is 48.1 Å². The predicted molar refractivity (Wildman–Crippen MR) is 111 cm³/mol. The van der Waals surface area contributed by atoms with Gasteiger partial charge in [0.05, 0.1) is 12.2 Å². The lowest BCUT2D eigenvalue weighted by atomic mass is 10.2. The number of fused-ring (bicyclic) bond motifs is 1. The van der Waals surface area contributed by atoms with Crippen LogP contribution in [0.2, 0.25) is 0 Å². The molecule has 2 heterocycles. The molecule has 2 amide bonds. The summed E-state index contributed by atoms with van der Waals surface area (Å²) in [6.07, 6.45) is 0.330. The van der Waals surface area contributed by atoms with Crippen LogP contribution in [0.25, 0.3) is 0 Å². The van der Waals surface area contributed by atoms with Crippen LogP contribution in [0.4, 0.5) is 15.6 Å². The van der Waals surface area contributed by atoms with Gasteiger partial charge < -0.3 is 14.5 Å². The molecule has 0 unspecified atom stereocenters. The highest BCUT2D eigenvalue weighted by atomic mass is 32.1. The number of nitrogens with one attached hydrogen (secondary N) is 1. The second kappa shape index (κ2) is 7.79. The summed E-state index contributed by atoms with van der Waals surface area (Å²) >= 11 is 1.40. The number of hydrogen-bond donors (Lipinski definition) is 1. The smallest absolute Gasteiger partial charge is 0.410 e. The average Bonchev–Trinajstić information content (AvgIpc) is 3.01. The van der Waals surface area contributed by atoms with Gasteiger partial charge in [-0.05, 0) is 45.0 Å². The summed E-state index contributed by atoms with van der Waals surface area (Å²) in [5, 5.41) is 3.42. The summed E-state index contributed by atoms with van der Waals surface area (Å²) in [7, 11) is 3.91. The van der Waals surface area contributed by atoms with Crippen molar-refractivity contribution < 1.29 is 14.3 Å². The molecule has 0 saturated heterocycles. The molecule has 1 aromatic heterocycles. The fourth-order valence-corrected chi connectivity index (χ4v) is 3.83. The first-order valence-electron chi connectivity index (χ1n) is 9.17. The van der Waals surface area contributed by atoms with Crippen LogP contribution in [0.5, 0.6) is 0 Å². The Kier molecular flexibility index (Phi) is 5.60. The third-order valence-corrected chi connectivity index (χ3v) is 5.25. The maximum Gasteiger partial charge on any atom is 0.410 e. The Morgan fingerprint density at radius 1 is 1.21 bits per heavy atom. The van der Waals surface area contributed by atoms with Crippen LogP contribution < -0.4 is 10.2 Å². The summed E-state index contributed by atoms with van der Waals surface area (Å²) in [4.78, 5) is 33.9. The number of ether oxygens (including phenoxy) is 1. The molecule has 0 atom stereocenters. The van der Waals surface area contributed by atoms with Crippen molar-refractivity contribution in [1.29, 1.82) is 0 Å². The maximum atomic E-state index is 12.5. The Morgan fingerprint density at radius 2 is 1.89 bits per heavy atom. The van der Waals surface area contributed by atoms with E-state index < -0.39 is 5.60 Å². The topological polar surface area (TPSA) is 74.8 Å². The summed E-state index contributed by atoms with van der Waals surface area (Å²) in [6, 6.07) is 7.39. The number of rotatable bonds is 3. The molecule has 1 aliphatic rings. The molecule has 28 heavy (non-hydrogen) atoms. The van der Waals surface area contributed by atoms with E-state index in [2.05, 4.69) is 10.3 Å². The Balaban J connectivity index is 1.65. The van der Waals surface area contributed by atoms with Gasteiger partial charge in [-0.15, -0.1) is 0 Å². The highest BCUT2D eigenvalue weighted by Crippen LogP contribution is 2.29. The van der Waals surface area contributed by atoms with Gasteiger partial charge in [0.25, 0.3) is 5.91 Å². The van der Waals surface area contributed by atoms with E-state index in [1.165, 1.54) is 11.3 Å². The quantitative estimate of drug-likeness (QED) is 0.846. The first-order chi connectivity index (χ1) is 13.1. The van der Waals surface area contributed by atoms with E-state index in [0.717, 1.165) is 16.3 Å². The van der Waals surface area contributed by atoms with Crippen LogP contribution in [-0.2, 0) is 17.7 Å². The number of thiazole rings is 1. The highest BCUT2D eigenvalue weighted by molar-refractivity contribution is 7.15. The van der Waals surface area contributed by atoms with E-state index in [0.29, 0.717) is 30.2 Å². The average molecular weight is 403 g/mol. The van der Waals surface area contributed by atoms with Gasteiger partial charge in [-0.3, -0.25) is 10.1 Å². The molecule has 150 valence electrons. The number of carbonyl (C=O) groups is 2. The van der Waals surface area contributed by atoms with Crippen molar-refractivity contribution in [2.45, 2.75) is 39.3 Å². The van der Waals surface area contributed by atoms with Crippen molar-refractivity contribution in [3.8, 4) is 0 Å². The molecular formula is C20H26N4O3S. The molecule has 0 fully saturated rings. The van der Waals surface area contributed by atoms with E-state index in [1.807, 2.05) is 51.9 Å². The number of carbonyl (C=O) groups excluding carboxylic acids is 2. The third-order valence-electron chi connectivity index (χ3n) is 4.25. The minimum atomic E-state index is -0.522. The first kappa shape index (κ1) is 20.1. The van der Waals surface area contributed by atoms with Gasteiger partial charge >= 0.3 is 6.09 Å². The number of nitrogens with zero attached hydrogens (tertiary/aromatic N) is 3. The predicted octanol–water partition coefficient (Wildman–Crippen LogP) is 3.75. The van der Waals surface area contributed by atoms with Crippen LogP contribution in [0.1, 0.15) is 41.7 Å². The zero-order valence-electron chi connectivity index (χ0n) is 16.9. The van der Waals surface area contributed by atoms with E-state index in [-0.39, 0.29) is 12.0 Å². The lowest BCUT2D eigenvalue weighted by Gasteiger charge is -2.29. The minimum Gasteiger partial charge on any atom is -0.444 e. The van der Waals surface area contributed by atoms with E-state index in [9.17, 15) is 9.59 Å². The van der Waals surface area contributed by atoms with E-state index in [1.54, 1.807) is 17.0 Å². The number of aromatic nitrogens is 1. The molecule has 0 saturated carbocycles. The van der Waals surface area contributed by atoms with Crippen molar-refractivity contribution in [2.75, 3.05) is 30.9 Å². The third kappa shape index (κ3) is 4.81. The molecule has 8 heteroatoms. The van der Waals surface area contributed by atoms with Crippen LogP contribution in [0.15, 0.2) is 24.3 Å². The van der Waals surface area contributed by atoms with Crippen molar-refractivity contribution in [1.82, 2.24) is 9.88 Å². The molecular weight excluding hydrogens is 376 g/mol.